The summed E-state index contributed by atoms with van der Waals surface area (Å²) in [5, 5.41) is 2.32. The molecule has 2 aromatic carbocycles. The topological polar surface area (TPSA) is 39.2 Å². The Kier molecular flexibility index (Phi) is 3.94. The summed E-state index contributed by atoms with van der Waals surface area (Å²) in [5.74, 6) is 0.769. The highest BCUT2D eigenvalue weighted by Crippen LogP contribution is 2.29. The zero-order chi connectivity index (χ0) is 15.0. The maximum Gasteiger partial charge on any atom is 0.137 e. The quantitative estimate of drug-likeness (QED) is 0.712. The van der Waals surface area contributed by atoms with Crippen LogP contribution in [0.4, 0.5) is 0 Å². The van der Waals surface area contributed by atoms with Gasteiger partial charge in [0.2, 0.25) is 0 Å². The molecule has 1 aromatic heterocycles. The lowest BCUT2D eigenvalue weighted by molar-refractivity contribution is 0.493. The van der Waals surface area contributed by atoms with Gasteiger partial charge in [0.1, 0.15) is 11.3 Å². The second-order valence-corrected chi connectivity index (χ2v) is 6.03. The van der Waals surface area contributed by atoms with Gasteiger partial charge in [0.25, 0.3) is 0 Å². The van der Waals surface area contributed by atoms with Gasteiger partial charge in [-0.05, 0) is 42.7 Å². The van der Waals surface area contributed by atoms with E-state index in [-0.39, 0.29) is 6.04 Å². The van der Waals surface area contributed by atoms with E-state index < -0.39 is 0 Å². The van der Waals surface area contributed by atoms with E-state index >= 15 is 0 Å². The number of halogens is 2. The molecule has 2 N–H and O–H groups in total. The minimum absolute atomic E-state index is 0.240. The van der Waals surface area contributed by atoms with Crippen LogP contribution in [0.3, 0.4) is 0 Å². The molecule has 4 heteroatoms. The molecule has 0 saturated carbocycles. The summed E-state index contributed by atoms with van der Waals surface area (Å²) < 4.78 is 5.90. The molecule has 0 bridgehead atoms. The van der Waals surface area contributed by atoms with Crippen molar-refractivity contribution in [2.45, 2.75) is 19.4 Å². The summed E-state index contributed by atoms with van der Waals surface area (Å²) >= 11 is 12.1. The number of furan rings is 1. The summed E-state index contributed by atoms with van der Waals surface area (Å²) in [6.07, 6.45) is 0.606. The number of fused-ring (bicyclic) bond motifs is 1. The van der Waals surface area contributed by atoms with E-state index in [1.54, 1.807) is 6.07 Å². The number of hydrogen-bond donors (Lipinski definition) is 1. The highest BCUT2D eigenvalue weighted by molar-refractivity contribution is 6.35. The highest BCUT2D eigenvalue weighted by Gasteiger charge is 2.15. The van der Waals surface area contributed by atoms with Crippen molar-refractivity contribution in [2.24, 2.45) is 5.73 Å². The molecule has 3 rings (SSSR count). The lowest BCUT2D eigenvalue weighted by Gasteiger charge is -2.10. The summed E-state index contributed by atoms with van der Waals surface area (Å²) in [5.41, 5.74) is 9.23. The number of aryl methyl sites for hydroxylation is 1. The maximum absolute atomic E-state index is 6.26. The van der Waals surface area contributed by atoms with Crippen molar-refractivity contribution in [1.82, 2.24) is 0 Å². The molecule has 1 atom stereocenters. The van der Waals surface area contributed by atoms with Gasteiger partial charge in [0, 0.05) is 15.4 Å². The van der Waals surface area contributed by atoms with E-state index in [0.29, 0.717) is 16.5 Å². The van der Waals surface area contributed by atoms with E-state index in [4.69, 9.17) is 33.4 Å². The van der Waals surface area contributed by atoms with Gasteiger partial charge < -0.3 is 10.2 Å². The Morgan fingerprint density at radius 3 is 2.67 bits per heavy atom. The minimum atomic E-state index is -0.240. The van der Waals surface area contributed by atoms with Crippen molar-refractivity contribution in [1.29, 1.82) is 0 Å². The second-order valence-electron chi connectivity index (χ2n) is 5.19. The van der Waals surface area contributed by atoms with Gasteiger partial charge in [-0.15, -0.1) is 0 Å². The van der Waals surface area contributed by atoms with Crippen LogP contribution in [0.2, 0.25) is 10.0 Å². The lowest BCUT2D eigenvalue weighted by atomic mass is 10.0. The Balaban J connectivity index is 1.90. The molecule has 0 amide bonds. The molecule has 0 fully saturated rings. The van der Waals surface area contributed by atoms with Gasteiger partial charge in [-0.25, -0.2) is 0 Å². The van der Waals surface area contributed by atoms with Crippen molar-refractivity contribution in [3.63, 3.8) is 0 Å². The van der Waals surface area contributed by atoms with Crippen LogP contribution in [-0.4, -0.2) is 0 Å². The Hall–Kier alpha value is -1.48. The third-order valence-electron chi connectivity index (χ3n) is 3.58. The molecule has 0 aliphatic heterocycles. The van der Waals surface area contributed by atoms with Crippen LogP contribution in [0.1, 0.15) is 22.9 Å². The van der Waals surface area contributed by atoms with Crippen LogP contribution < -0.4 is 5.73 Å². The SMILES string of the molecule is Cc1cccc2cc(C(N)Cc3ccc(Cl)cc3Cl)oc12. The van der Waals surface area contributed by atoms with E-state index in [0.717, 1.165) is 27.9 Å². The third kappa shape index (κ3) is 2.93. The van der Waals surface area contributed by atoms with Gasteiger partial charge in [-0.1, -0.05) is 47.5 Å². The van der Waals surface area contributed by atoms with Gasteiger partial charge >= 0.3 is 0 Å². The number of hydrogen-bond acceptors (Lipinski definition) is 2. The average Bonchev–Trinajstić information content (AvgIpc) is 2.87. The molecule has 0 aliphatic rings. The monoisotopic (exact) mass is 319 g/mol. The highest BCUT2D eigenvalue weighted by atomic mass is 35.5. The molecular weight excluding hydrogens is 305 g/mol. The second kappa shape index (κ2) is 5.72. The van der Waals surface area contributed by atoms with Crippen molar-refractivity contribution in [3.8, 4) is 0 Å². The molecule has 21 heavy (non-hydrogen) atoms. The molecule has 108 valence electrons. The van der Waals surface area contributed by atoms with E-state index in [1.807, 2.05) is 43.3 Å². The number of benzene rings is 2. The smallest absolute Gasteiger partial charge is 0.137 e. The number of nitrogens with two attached hydrogens (primary N) is 1. The summed E-state index contributed by atoms with van der Waals surface area (Å²) in [6.45, 7) is 2.03. The molecule has 0 aliphatic carbocycles. The van der Waals surface area contributed by atoms with Crippen LogP contribution in [0.5, 0.6) is 0 Å². The fourth-order valence-electron chi connectivity index (χ4n) is 2.44. The fourth-order valence-corrected chi connectivity index (χ4v) is 2.92. The van der Waals surface area contributed by atoms with Crippen molar-refractivity contribution < 1.29 is 4.42 Å². The number of rotatable bonds is 3. The minimum Gasteiger partial charge on any atom is -0.459 e. The van der Waals surface area contributed by atoms with Crippen LogP contribution in [0.25, 0.3) is 11.0 Å². The Labute approximate surface area is 133 Å². The van der Waals surface area contributed by atoms with Crippen molar-refractivity contribution in [2.75, 3.05) is 0 Å². The fraction of sp³-hybridized carbons (Fsp3) is 0.176. The first-order valence-electron chi connectivity index (χ1n) is 6.73. The molecular formula is C17H15Cl2NO. The first-order chi connectivity index (χ1) is 10.0. The van der Waals surface area contributed by atoms with Gasteiger partial charge in [0.15, 0.2) is 0 Å². The van der Waals surface area contributed by atoms with E-state index in [9.17, 15) is 0 Å². The molecule has 0 radical (unpaired) electrons. The Morgan fingerprint density at radius 2 is 1.95 bits per heavy atom. The normalized spacial score (nSPS) is 12.8. The first-order valence-corrected chi connectivity index (χ1v) is 7.49. The van der Waals surface area contributed by atoms with Crippen LogP contribution >= 0.6 is 23.2 Å². The third-order valence-corrected chi connectivity index (χ3v) is 4.17. The van der Waals surface area contributed by atoms with E-state index in [1.165, 1.54) is 0 Å². The predicted octanol–water partition coefficient (Wildman–Crippen LogP) is 5.29. The Bertz CT molecular complexity index is 795. The van der Waals surface area contributed by atoms with E-state index in [2.05, 4.69) is 0 Å². The molecule has 0 spiro atoms. The molecule has 0 saturated heterocycles. The standard InChI is InChI=1S/C17H15Cl2NO/c1-10-3-2-4-12-8-16(21-17(10)12)15(20)7-11-5-6-13(18)9-14(11)19/h2-6,8-9,15H,7,20H2,1H3. The summed E-state index contributed by atoms with van der Waals surface area (Å²) in [7, 11) is 0. The number of para-hydroxylation sites is 1. The first kappa shape index (κ1) is 14.5. The molecule has 3 aromatic rings. The molecule has 1 unspecified atom stereocenters. The zero-order valence-electron chi connectivity index (χ0n) is 11.6. The molecule has 2 nitrogen and oxygen atoms in total. The predicted molar refractivity (Wildman–Crippen MR) is 88.0 cm³/mol. The molecule has 1 heterocycles. The Morgan fingerprint density at radius 1 is 1.14 bits per heavy atom. The van der Waals surface area contributed by atoms with Crippen LogP contribution in [0, 0.1) is 6.92 Å². The zero-order valence-corrected chi connectivity index (χ0v) is 13.1. The van der Waals surface area contributed by atoms with Gasteiger partial charge in [-0.2, -0.15) is 0 Å². The van der Waals surface area contributed by atoms with Crippen molar-refractivity contribution in [3.05, 3.63) is 69.4 Å². The summed E-state index contributed by atoms with van der Waals surface area (Å²) in [4.78, 5) is 0. The van der Waals surface area contributed by atoms with Crippen molar-refractivity contribution >= 4 is 34.2 Å². The van der Waals surface area contributed by atoms with Crippen LogP contribution in [-0.2, 0) is 6.42 Å². The van der Waals surface area contributed by atoms with Gasteiger partial charge in [-0.3, -0.25) is 0 Å². The average molecular weight is 320 g/mol. The summed E-state index contributed by atoms with van der Waals surface area (Å²) in [6, 6.07) is 13.3. The maximum atomic E-state index is 6.26. The largest absolute Gasteiger partial charge is 0.459 e. The lowest BCUT2D eigenvalue weighted by Crippen LogP contribution is -2.12. The van der Waals surface area contributed by atoms with Gasteiger partial charge in [0.05, 0.1) is 6.04 Å². The van der Waals surface area contributed by atoms with Crippen LogP contribution in [0.15, 0.2) is 46.9 Å².